The van der Waals surface area contributed by atoms with E-state index in [1.54, 1.807) is 36.7 Å². The minimum atomic E-state index is -4.45. The van der Waals surface area contributed by atoms with Crippen molar-refractivity contribution in [2.24, 2.45) is 5.73 Å². The molecule has 1 amide bonds. The number of fused-ring (bicyclic) bond motifs is 1. The number of amides is 1. The van der Waals surface area contributed by atoms with Crippen LogP contribution in [0.2, 0.25) is 0 Å². The van der Waals surface area contributed by atoms with Crippen molar-refractivity contribution in [1.29, 1.82) is 0 Å². The molecule has 1 aromatic carbocycles. The van der Waals surface area contributed by atoms with Crippen molar-refractivity contribution in [3.8, 4) is 22.4 Å². The maximum absolute atomic E-state index is 13.3. The van der Waals surface area contributed by atoms with E-state index in [0.717, 1.165) is 17.7 Å². The first-order chi connectivity index (χ1) is 13.9. The summed E-state index contributed by atoms with van der Waals surface area (Å²) in [6.07, 6.45) is -0.591. The second-order valence-electron chi connectivity index (χ2n) is 6.92. The molecular weight excluding hydrogens is 417 g/mol. The van der Waals surface area contributed by atoms with Crippen LogP contribution in [0.15, 0.2) is 54.9 Å². The predicted octanol–water partition coefficient (Wildman–Crippen LogP) is 4.29. The van der Waals surface area contributed by atoms with Crippen molar-refractivity contribution < 1.29 is 18.0 Å². The van der Waals surface area contributed by atoms with Gasteiger partial charge in [0.25, 0.3) is 5.91 Å². The molecule has 0 aliphatic carbocycles. The molecule has 9 heteroatoms. The van der Waals surface area contributed by atoms with E-state index in [1.807, 2.05) is 4.57 Å². The average molecular weight is 437 g/mol. The summed E-state index contributed by atoms with van der Waals surface area (Å²) in [4.78, 5) is 16.6. The number of pyridine rings is 1. The molecule has 1 aliphatic rings. The Kier molecular flexibility index (Phi) is 6.19. The van der Waals surface area contributed by atoms with Crippen molar-refractivity contribution in [1.82, 2.24) is 14.9 Å². The van der Waals surface area contributed by atoms with Gasteiger partial charge in [0.2, 0.25) is 0 Å². The second kappa shape index (κ2) is 8.49. The first-order valence-corrected chi connectivity index (χ1v) is 9.21. The third-order valence-corrected chi connectivity index (χ3v) is 5.09. The molecule has 1 unspecified atom stereocenters. The van der Waals surface area contributed by atoms with Crippen LogP contribution in [0.1, 0.15) is 28.5 Å². The van der Waals surface area contributed by atoms with Crippen molar-refractivity contribution in [3.63, 3.8) is 0 Å². The molecule has 3 aromatic rings. The summed E-state index contributed by atoms with van der Waals surface area (Å²) in [6.45, 7) is 0.838. The fraction of sp³-hybridized carbons (Fsp3) is 0.238. The van der Waals surface area contributed by atoms with Crippen LogP contribution in [0.4, 0.5) is 13.2 Å². The maximum Gasteiger partial charge on any atom is 0.416 e. The van der Waals surface area contributed by atoms with Crippen LogP contribution in [0.3, 0.4) is 0 Å². The lowest BCUT2D eigenvalue weighted by molar-refractivity contribution is -0.137. The predicted molar refractivity (Wildman–Crippen MR) is 110 cm³/mol. The van der Waals surface area contributed by atoms with E-state index < -0.39 is 11.7 Å². The number of alkyl halides is 3. The van der Waals surface area contributed by atoms with Crippen LogP contribution in [-0.2, 0) is 6.18 Å². The SMILES string of the molecule is Cl.NCCC1CNC(=O)c2cc(-c3cccc(C(F)(F)F)c3)c(-c3ccncc3)n21. The number of nitrogens with one attached hydrogen (secondary N) is 1. The third kappa shape index (κ3) is 3.93. The molecule has 0 fully saturated rings. The van der Waals surface area contributed by atoms with Gasteiger partial charge in [-0.05, 0) is 48.9 Å². The van der Waals surface area contributed by atoms with Gasteiger partial charge >= 0.3 is 6.18 Å². The molecule has 30 heavy (non-hydrogen) atoms. The van der Waals surface area contributed by atoms with Gasteiger partial charge in [0.1, 0.15) is 5.69 Å². The minimum Gasteiger partial charge on any atom is -0.349 e. The Morgan fingerprint density at radius 2 is 1.87 bits per heavy atom. The van der Waals surface area contributed by atoms with Crippen LogP contribution in [0, 0.1) is 0 Å². The van der Waals surface area contributed by atoms with Gasteiger partial charge in [0.05, 0.1) is 17.3 Å². The standard InChI is InChI=1S/C21H19F3N4O.ClH/c22-21(23,24)15-3-1-2-14(10-15)17-11-18-20(29)27-12-16(4-7-25)28(18)19(17)13-5-8-26-9-6-13;/h1-3,5-6,8-11,16H,4,7,12,25H2,(H,27,29);1H. The Balaban J connectivity index is 0.00000256. The van der Waals surface area contributed by atoms with Crippen LogP contribution in [0.5, 0.6) is 0 Å². The Labute approximate surface area is 177 Å². The van der Waals surface area contributed by atoms with E-state index in [-0.39, 0.29) is 24.4 Å². The number of benzene rings is 1. The van der Waals surface area contributed by atoms with Crippen LogP contribution in [-0.4, -0.2) is 28.5 Å². The smallest absolute Gasteiger partial charge is 0.349 e. The number of halogens is 4. The van der Waals surface area contributed by atoms with Gasteiger partial charge < -0.3 is 15.6 Å². The summed E-state index contributed by atoms with van der Waals surface area (Å²) in [5, 5.41) is 2.84. The van der Waals surface area contributed by atoms with Gasteiger partial charge in [0, 0.05) is 30.1 Å². The quantitative estimate of drug-likeness (QED) is 0.640. The summed E-state index contributed by atoms with van der Waals surface area (Å²) in [5.41, 5.74) is 7.87. The highest BCUT2D eigenvalue weighted by Gasteiger charge is 2.33. The normalized spacial score (nSPS) is 15.9. The number of carbonyl (C=O) groups is 1. The fourth-order valence-electron chi connectivity index (χ4n) is 3.78. The van der Waals surface area contributed by atoms with E-state index in [1.165, 1.54) is 6.07 Å². The largest absolute Gasteiger partial charge is 0.416 e. The monoisotopic (exact) mass is 436 g/mol. The van der Waals surface area contributed by atoms with Gasteiger partial charge in [-0.25, -0.2) is 0 Å². The summed E-state index contributed by atoms with van der Waals surface area (Å²) >= 11 is 0. The zero-order valence-corrected chi connectivity index (χ0v) is 16.6. The zero-order valence-electron chi connectivity index (χ0n) is 15.8. The molecule has 1 aliphatic heterocycles. The Morgan fingerprint density at radius 3 is 2.53 bits per heavy atom. The van der Waals surface area contributed by atoms with Gasteiger partial charge in [-0.15, -0.1) is 12.4 Å². The molecule has 0 saturated heterocycles. The van der Waals surface area contributed by atoms with Gasteiger partial charge in [-0.3, -0.25) is 9.78 Å². The van der Waals surface area contributed by atoms with Crippen LogP contribution < -0.4 is 11.1 Å². The molecule has 3 N–H and O–H groups in total. The number of nitrogens with two attached hydrogens (primary N) is 1. The highest BCUT2D eigenvalue weighted by molar-refractivity contribution is 5.98. The third-order valence-electron chi connectivity index (χ3n) is 5.09. The van der Waals surface area contributed by atoms with Crippen molar-refractivity contribution >= 4 is 18.3 Å². The average Bonchev–Trinajstić information content (AvgIpc) is 3.12. The van der Waals surface area contributed by atoms with E-state index in [2.05, 4.69) is 10.3 Å². The van der Waals surface area contributed by atoms with E-state index in [4.69, 9.17) is 5.73 Å². The molecule has 0 radical (unpaired) electrons. The van der Waals surface area contributed by atoms with Crippen molar-refractivity contribution in [3.05, 3.63) is 66.1 Å². The van der Waals surface area contributed by atoms with Gasteiger partial charge in [-0.2, -0.15) is 13.2 Å². The first-order valence-electron chi connectivity index (χ1n) is 9.21. The molecule has 5 nitrogen and oxygen atoms in total. The molecule has 158 valence electrons. The minimum absolute atomic E-state index is 0. The number of rotatable bonds is 4. The highest BCUT2D eigenvalue weighted by Crippen LogP contribution is 2.40. The first kappa shape index (κ1) is 21.9. The summed E-state index contributed by atoms with van der Waals surface area (Å²) < 4.78 is 41.7. The number of nitrogens with zero attached hydrogens (tertiary/aromatic N) is 2. The Bertz CT molecular complexity index is 1050. The van der Waals surface area contributed by atoms with Crippen molar-refractivity contribution in [2.75, 3.05) is 13.1 Å². The molecule has 1 atom stereocenters. The second-order valence-corrected chi connectivity index (χ2v) is 6.92. The van der Waals surface area contributed by atoms with Gasteiger partial charge in [-0.1, -0.05) is 12.1 Å². The Hall–Kier alpha value is -2.84. The summed E-state index contributed by atoms with van der Waals surface area (Å²) in [5.74, 6) is -0.258. The summed E-state index contributed by atoms with van der Waals surface area (Å²) in [6, 6.07) is 10.3. The molecule has 0 saturated carbocycles. The Morgan fingerprint density at radius 1 is 1.13 bits per heavy atom. The lowest BCUT2D eigenvalue weighted by atomic mass is 9.99. The number of hydrogen-bond acceptors (Lipinski definition) is 3. The van der Waals surface area contributed by atoms with Crippen LogP contribution in [0.25, 0.3) is 22.4 Å². The number of carbonyl (C=O) groups excluding carboxylic acids is 1. The van der Waals surface area contributed by atoms with Crippen LogP contribution >= 0.6 is 12.4 Å². The number of hydrogen-bond donors (Lipinski definition) is 2. The van der Waals surface area contributed by atoms with E-state index >= 15 is 0 Å². The van der Waals surface area contributed by atoms with Gasteiger partial charge in [0.15, 0.2) is 0 Å². The lowest BCUT2D eigenvalue weighted by Crippen LogP contribution is -2.39. The highest BCUT2D eigenvalue weighted by atomic mass is 35.5. The molecule has 0 spiro atoms. The van der Waals surface area contributed by atoms with E-state index in [9.17, 15) is 18.0 Å². The molecule has 2 aromatic heterocycles. The molecule has 0 bridgehead atoms. The topological polar surface area (TPSA) is 72.9 Å². The lowest BCUT2D eigenvalue weighted by Gasteiger charge is -2.28. The van der Waals surface area contributed by atoms with E-state index in [0.29, 0.717) is 42.0 Å². The molecular formula is C21H20ClF3N4O. The maximum atomic E-state index is 13.3. The summed E-state index contributed by atoms with van der Waals surface area (Å²) in [7, 11) is 0. The molecule has 4 rings (SSSR count). The zero-order chi connectivity index (χ0) is 20.6. The fourth-order valence-corrected chi connectivity index (χ4v) is 3.78. The molecule has 3 heterocycles. The number of aromatic nitrogens is 2. The van der Waals surface area contributed by atoms with Crippen molar-refractivity contribution in [2.45, 2.75) is 18.6 Å².